The van der Waals surface area contributed by atoms with Crippen molar-refractivity contribution < 1.29 is 22.9 Å². The standard InChI is InChI=1S/C16H13F3N4O3/c17-12-3-2-11(14(18)15(12)19)16(24)22-7-5-21(6-8-22)13-4-1-10(9-20-13)23(25)26/h1-4,9H,5-8H2. The van der Waals surface area contributed by atoms with Crippen LogP contribution < -0.4 is 4.90 Å². The van der Waals surface area contributed by atoms with Crippen molar-refractivity contribution >= 4 is 17.4 Å². The number of pyridine rings is 1. The first-order valence-corrected chi connectivity index (χ1v) is 7.66. The first-order valence-electron chi connectivity index (χ1n) is 7.66. The predicted molar refractivity (Wildman–Crippen MR) is 85.3 cm³/mol. The Balaban J connectivity index is 1.67. The average Bonchev–Trinajstić information content (AvgIpc) is 2.66. The van der Waals surface area contributed by atoms with E-state index in [-0.39, 0.29) is 18.8 Å². The Bertz CT molecular complexity index is 853. The van der Waals surface area contributed by atoms with Crippen LogP contribution in [0.2, 0.25) is 0 Å². The Kier molecular flexibility index (Phi) is 4.74. The second-order valence-electron chi connectivity index (χ2n) is 5.63. The molecule has 26 heavy (non-hydrogen) atoms. The van der Waals surface area contributed by atoms with Crippen LogP contribution >= 0.6 is 0 Å². The highest BCUT2D eigenvalue weighted by Crippen LogP contribution is 2.20. The van der Waals surface area contributed by atoms with Crippen LogP contribution in [-0.2, 0) is 0 Å². The van der Waals surface area contributed by atoms with Gasteiger partial charge in [-0.2, -0.15) is 0 Å². The molecule has 1 fully saturated rings. The molecule has 0 bridgehead atoms. The van der Waals surface area contributed by atoms with Crippen LogP contribution in [0.15, 0.2) is 30.5 Å². The van der Waals surface area contributed by atoms with Crippen LogP contribution in [-0.4, -0.2) is 46.9 Å². The minimum atomic E-state index is -1.68. The van der Waals surface area contributed by atoms with Crippen molar-refractivity contribution in [3.8, 4) is 0 Å². The highest BCUT2D eigenvalue weighted by atomic mass is 19.2. The van der Waals surface area contributed by atoms with Crippen LogP contribution in [0, 0.1) is 27.6 Å². The van der Waals surface area contributed by atoms with Crippen molar-refractivity contribution in [1.82, 2.24) is 9.88 Å². The molecular formula is C16H13F3N4O3. The van der Waals surface area contributed by atoms with Crippen LogP contribution in [0.3, 0.4) is 0 Å². The molecule has 0 atom stereocenters. The molecule has 0 unspecified atom stereocenters. The first kappa shape index (κ1) is 17.6. The highest BCUT2D eigenvalue weighted by Gasteiger charge is 2.27. The van der Waals surface area contributed by atoms with Crippen molar-refractivity contribution in [2.45, 2.75) is 0 Å². The van der Waals surface area contributed by atoms with Gasteiger partial charge in [-0.25, -0.2) is 18.2 Å². The maximum atomic E-state index is 13.8. The third-order valence-corrected chi connectivity index (χ3v) is 4.10. The summed E-state index contributed by atoms with van der Waals surface area (Å²) >= 11 is 0. The third kappa shape index (κ3) is 3.30. The van der Waals surface area contributed by atoms with Gasteiger partial charge in [-0.3, -0.25) is 14.9 Å². The summed E-state index contributed by atoms with van der Waals surface area (Å²) in [6.45, 7) is 1.16. The van der Waals surface area contributed by atoms with Gasteiger partial charge in [0.05, 0.1) is 10.5 Å². The Labute approximate surface area is 145 Å². The lowest BCUT2D eigenvalue weighted by Gasteiger charge is -2.35. The molecule has 136 valence electrons. The van der Waals surface area contributed by atoms with Gasteiger partial charge in [0.2, 0.25) is 0 Å². The van der Waals surface area contributed by atoms with Crippen LogP contribution in [0.25, 0.3) is 0 Å². The number of carbonyl (C=O) groups is 1. The summed E-state index contributed by atoms with van der Waals surface area (Å²) in [5.41, 5.74) is -0.651. The number of anilines is 1. The molecule has 0 spiro atoms. The van der Waals surface area contributed by atoms with Gasteiger partial charge in [-0.15, -0.1) is 0 Å². The average molecular weight is 366 g/mol. The van der Waals surface area contributed by atoms with Crippen molar-refractivity contribution in [1.29, 1.82) is 0 Å². The third-order valence-electron chi connectivity index (χ3n) is 4.10. The Morgan fingerprint density at radius 2 is 1.73 bits per heavy atom. The number of hydrogen-bond acceptors (Lipinski definition) is 5. The van der Waals surface area contributed by atoms with Gasteiger partial charge in [0.1, 0.15) is 12.0 Å². The number of halogens is 3. The van der Waals surface area contributed by atoms with E-state index in [1.165, 1.54) is 17.0 Å². The Morgan fingerprint density at radius 3 is 2.31 bits per heavy atom. The predicted octanol–water partition coefficient (Wildman–Crippen LogP) is 2.37. The quantitative estimate of drug-likeness (QED) is 0.473. The van der Waals surface area contributed by atoms with E-state index in [1.54, 1.807) is 0 Å². The van der Waals surface area contributed by atoms with Crippen LogP contribution in [0.5, 0.6) is 0 Å². The molecule has 3 rings (SSSR count). The molecule has 1 saturated heterocycles. The van der Waals surface area contributed by atoms with Crippen molar-refractivity contribution in [3.63, 3.8) is 0 Å². The number of carbonyl (C=O) groups excluding carboxylic acids is 1. The molecule has 2 aromatic rings. The minimum absolute atomic E-state index is 0.128. The summed E-state index contributed by atoms with van der Waals surface area (Å²) in [7, 11) is 0. The fraction of sp³-hybridized carbons (Fsp3) is 0.250. The molecule has 0 radical (unpaired) electrons. The van der Waals surface area contributed by atoms with Gasteiger partial charge in [0.25, 0.3) is 11.6 Å². The number of hydrogen-bond donors (Lipinski definition) is 0. The number of rotatable bonds is 3. The van der Waals surface area contributed by atoms with Crippen molar-refractivity contribution in [3.05, 3.63) is 63.6 Å². The second-order valence-corrected chi connectivity index (χ2v) is 5.63. The van der Waals surface area contributed by atoms with Crippen LogP contribution in [0.4, 0.5) is 24.7 Å². The van der Waals surface area contributed by atoms with Crippen LogP contribution in [0.1, 0.15) is 10.4 Å². The summed E-state index contributed by atoms with van der Waals surface area (Å²) in [4.78, 5) is 29.6. The number of piperazine rings is 1. The molecule has 2 heterocycles. The molecule has 1 aromatic carbocycles. The van der Waals surface area contributed by atoms with E-state index in [4.69, 9.17) is 0 Å². The van der Waals surface area contributed by atoms with E-state index in [1.807, 2.05) is 4.90 Å². The summed E-state index contributed by atoms with van der Waals surface area (Å²) in [5, 5.41) is 10.6. The van der Waals surface area contributed by atoms with E-state index in [9.17, 15) is 28.1 Å². The van der Waals surface area contributed by atoms with E-state index in [0.29, 0.717) is 25.0 Å². The molecule has 0 N–H and O–H groups in total. The fourth-order valence-corrected chi connectivity index (χ4v) is 2.67. The zero-order valence-electron chi connectivity index (χ0n) is 13.4. The van der Waals surface area contributed by atoms with Crippen molar-refractivity contribution in [2.75, 3.05) is 31.1 Å². The normalized spacial score (nSPS) is 14.4. The lowest BCUT2D eigenvalue weighted by atomic mass is 10.1. The van der Waals surface area contributed by atoms with Gasteiger partial charge in [-0.1, -0.05) is 0 Å². The van der Waals surface area contributed by atoms with Gasteiger partial charge in [0.15, 0.2) is 17.5 Å². The van der Waals surface area contributed by atoms with E-state index in [0.717, 1.165) is 12.3 Å². The molecule has 0 aliphatic carbocycles. The second kappa shape index (κ2) is 6.98. The van der Waals surface area contributed by atoms with Gasteiger partial charge in [-0.05, 0) is 18.2 Å². The van der Waals surface area contributed by atoms with Gasteiger partial charge >= 0.3 is 0 Å². The minimum Gasteiger partial charge on any atom is -0.353 e. The molecule has 1 aliphatic heterocycles. The molecule has 10 heteroatoms. The number of nitro groups is 1. The summed E-state index contributed by atoms with van der Waals surface area (Å²) < 4.78 is 40.1. The number of benzene rings is 1. The Hall–Kier alpha value is -3.17. The maximum Gasteiger partial charge on any atom is 0.287 e. The topological polar surface area (TPSA) is 79.6 Å². The summed E-state index contributed by atoms with van der Waals surface area (Å²) in [6, 6.07) is 4.46. The smallest absolute Gasteiger partial charge is 0.287 e. The van der Waals surface area contributed by atoms with E-state index in [2.05, 4.69) is 4.98 Å². The number of aromatic nitrogens is 1. The molecule has 0 saturated carbocycles. The van der Waals surface area contributed by atoms with Gasteiger partial charge in [0, 0.05) is 32.2 Å². The molecule has 1 amide bonds. The highest BCUT2D eigenvalue weighted by molar-refractivity contribution is 5.94. The molecular weight excluding hydrogens is 353 g/mol. The zero-order valence-corrected chi connectivity index (χ0v) is 13.4. The molecule has 7 nitrogen and oxygen atoms in total. The zero-order chi connectivity index (χ0) is 18.8. The maximum absolute atomic E-state index is 13.8. The Morgan fingerprint density at radius 1 is 1.04 bits per heavy atom. The number of amides is 1. The number of nitrogens with zero attached hydrogens (tertiary/aromatic N) is 4. The van der Waals surface area contributed by atoms with Crippen molar-refractivity contribution in [2.24, 2.45) is 0 Å². The summed E-state index contributed by atoms with van der Waals surface area (Å²) in [5.74, 6) is -4.74. The molecule has 1 aliphatic rings. The summed E-state index contributed by atoms with van der Waals surface area (Å²) in [6.07, 6.45) is 1.14. The first-order chi connectivity index (χ1) is 12.4. The van der Waals surface area contributed by atoms with E-state index < -0.39 is 33.8 Å². The SMILES string of the molecule is O=C(c1ccc(F)c(F)c1F)N1CCN(c2ccc([N+](=O)[O-])cn2)CC1. The van der Waals surface area contributed by atoms with E-state index >= 15 is 0 Å². The fourth-order valence-electron chi connectivity index (χ4n) is 2.67. The van der Waals surface area contributed by atoms with Gasteiger partial charge < -0.3 is 9.80 Å². The largest absolute Gasteiger partial charge is 0.353 e. The monoisotopic (exact) mass is 366 g/mol. The lowest BCUT2D eigenvalue weighted by Crippen LogP contribution is -2.49. The molecule has 1 aromatic heterocycles. The lowest BCUT2D eigenvalue weighted by molar-refractivity contribution is -0.385.